The molecule has 0 radical (unpaired) electrons. The maximum Gasteiger partial charge on any atom is 0.282 e. The number of benzene rings is 2. The Morgan fingerprint density at radius 3 is 2.48 bits per heavy atom. The lowest BCUT2D eigenvalue weighted by Crippen LogP contribution is -2.17. The molecule has 0 saturated heterocycles. The second-order valence-electron chi connectivity index (χ2n) is 7.66. The normalized spacial score (nSPS) is 12.3. The smallest absolute Gasteiger partial charge is 0.282 e. The molecule has 3 aromatic rings. The summed E-state index contributed by atoms with van der Waals surface area (Å²) in [5.74, 6) is -1.93. The van der Waals surface area contributed by atoms with Crippen LogP contribution in [0.1, 0.15) is 12.5 Å². The summed E-state index contributed by atoms with van der Waals surface area (Å²) in [4.78, 5) is 13.1. The van der Waals surface area contributed by atoms with E-state index in [0.29, 0.717) is 17.6 Å². The summed E-state index contributed by atoms with van der Waals surface area (Å²) in [6, 6.07) is 17.2. The topological polar surface area (TPSA) is 57.6 Å². The van der Waals surface area contributed by atoms with Gasteiger partial charge < -0.3 is 4.57 Å². The summed E-state index contributed by atoms with van der Waals surface area (Å²) in [6.07, 6.45) is 5.26. The first kappa shape index (κ1) is 20.6. The molecule has 0 spiro atoms. The zero-order valence-electron chi connectivity index (χ0n) is 17.7. The van der Waals surface area contributed by atoms with Crippen LogP contribution in [0.15, 0.2) is 96.2 Å². The molecule has 0 N–H and O–H groups in total. The summed E-state index contributed by atoms with van der Waals surface area (Å²) >= 11 is 0. The lowest BCUT2D eigenvalue weighted by molar-refractivity contribution is 0.602. The Morgan fingerprint density at radius 1 is 1.06 bits per heavy atom. The van der Waals surface area contributed by atoms with E-state index in [4.69, 9.17) is 0 Å². The first-order valence-electron chi connectivity index (χ1n) is 10.3. The zero-order chi connectivity index (χ0) is 23.1. The van der Waals surface area contributed by atoms with Gasteiger partial charge >= 0.3 is 0 Å². The van der Waals surface area contributed by atoms with Crippen molar-refractivity contribution in [1.82, 2.24) is 24.1 Å². The van der Waals surface area contributed by atoms with E-state index < -0.39 is 22.9 Å². The highest BCUT2D eigenvalue weighted by molar-refractivity contribution is 5.94. The molecule has 0 saturated carbocycles. The largest absolute Gasteiger partial charge is 0.342 e. The van der Waals surface area contributed by atoms with E-state index in [9.17, 15) is 13.6 Å². The number of halogens is 2. The van der Waals surface area contributed by atoms with Gasteiger partial charge in [0, 0.05) is 30.5 Å². The molecule has 164 valence electrons. The molecule has 0 fully saturated rings. The van der Waals surface area contributed by atoms with E-state index in [1.807, 2.05) is 65.4 Å². The maximum atomic E-state index is 14.0. The third-order valence-corrected chi connectivity index (χ3v) is 5.48. The van der Waals surface area contributed by atoms with Crippen molar-refractivity contribution in [1.29, 1.82) is 0 Å². The molecule has 1 aromatic heterocycles. The van der Waals surface area contributed by atoms with Crippen LogP contribution in [-0.4, -0.2) is 24.1 Å². The molecule has 0 aliphatic carbocycles. The highest BCUT2D eigenvalue weighted by Gasteiger charge is 2.24. The van der Waals surface area contributed by atoms with Crippen LogP contribution < -0.4 is 5.56 Å². The van der Waals surface area contributed by atoms with Crippen molar-refractivity contribution in [3.8, 4) is 16.9 Å². The lowest BCUT2D eigenvalue weighted by Gasteiger charge is -2.14. The molecule has 2 aliphatic heterocycles. The summed E-state index contributed by atoms with van der Waals surface area (Å²) in [5.41, 5.74) is 2.25. The average molecular weight is 443 g/mol. The van der Waals surface area contributed by atoms with Gasteiger partial charge in [0.2, 0.25) is 0 Å². The van der Waals surface area contributed by atoms with Gasteiger partial charge in [0.1, 0.15) is 23.0 Å². The Kier molecular flexibility index (Phi) is 4.97. The number of nitrogens with zero attached hydrogens (tertiary/aromatic N) is 5. The molecular weight excluding hydrogens is 424 g/mol. The van der Waals surface area contributed by atoms with Crippen molar-refractivity contribution in [3.05, 3.63) is 107 Å². The molecule has 0 bridgehead atoms. The van der Waals surface area contributed by atoms with Crippen LogP contribution in [0.5, 0.6) is 0 Å². The minimum atomic E-state index is -1.06. The molecule has 0 unspecified atom stereocenters. The van der Waals surface area contributed by atoms with Crippen molar-refractivity contribution >= 4 is 16.6 Å². The van der Waals surface area contributed by atoms with Crippen LogP contribution >= 0.6 is 0 Å². The highest BCUT2D eigenvalue weighted by atomic mass is 19.1. The van der Waals surface area contributed by atoms with Gasteiger partial charge in [0.25, 0.3) is 5.56 Å². The number of hydrogen-bond acceptors (Lipinski definition) is 3. The zero-order valence-corrected chi connectivity index (χ0v) is 17.7. The monoisotopic (exact) mass is 443 g/mol. The van der Waals surface area contributed by atoms with Gasteiger partial charge in [-0.05, 0) is 36.8 Å². The minimum absolute atomic E-state index is 0.266. The molecule has 0 amide bonds. The maximum absolute atomic E-state index is 14.0. The van der Waals surface area contributed by atoms with Crippen LogP contribution in [0, 0.1) is 0 Å². The summed E-state index contributed by atoms with van der Waals surface area (Å²) in [7, 11) is 0. The van der Waals surface area contributed by atoms with Gasteiger partial charge in [-0.3, -0.25) is 4.79 Å². The van der Waals surface area contributed by atoms with Gasteiger partial charge in [-0.1, -0.05) is 36.9 Å². The molecule has 3 heterocycles. The predicted octanol–water partition coefficient (Wildman–Crippen LogP) is 5.18. The van der Waals surface area contributed by atoms with E-state index in [0.717, 1.165) is 28.4 Å². The van der Waals surface area contributed by atoms with Crippen LogP contribution in [0.4, 0.5) is 8.78 Å². The fourth-order valence-electron chi connectivity index (χ4n) is 3.98. The third-order valence-electron chi connectivity index (χ3n) is 5.48. The molecule has 8 heteroatoms. The Bertz CT molecular complexity index is 1540. The second kappa shape index (κ2) is 7.98. The van der Waals surface area contributed by atoms with E-state index in [-0.39, 0.29) is 5.56 Å². The summed E-state index contributed by atoms with van der Waals surface area (Å²) in [5, 5.41) is 9.19. The quantitative estimate of drug-likeness (QED) is 0.352. The Hall–Kier alpha value is -4.33. The van der Waals surface area contributed by atoms with Gasteiger partial charge in [-0.2, -0.15) is 14.9 Å². The first-order valence-corrected chi connectivity index (χ1v) is 10.3. The average Bonchev–Trinajstić information content (AvgIpc) is 3.44. The second-order valence-corrected chi connectivity index (χ2v) is 7.66. The van der Waals surface area contributed by atoms with Crippen molar-refractivity contribution in [2.24, 2.45) is 0 Å². The number of pyridine rings is 1. The number of fused-ring (bicyclic) bond motifs is 3. The molecule has 2 aliphatic rings. The van der Waals surface area contributed by atoms with Crippen molar-refractivity contribution < 1.29 is 8.78 Å². The molecule has 5 rings (SSSR count). The third kappa shape index (κ3) is 3.55. The van der Waals surface area contributed by atoms with Gasteiger partial charge in [-0.25, -0.2) is 13.5 Å². The number of hydrogen-bond donors (Lipinski definition) is 0. The van der Waals surface area contributed by atoms with Crippen molar-refractivity contribution in [2.45, 2.75) is 13.5 Å². The first-order chi connectivity index (χ1) is 15.9. The number of rotatable bonds is 5. The van der Waals surface area contributed by atoms with Crippen LogP contribution in [0.3, 0.4) is 0 Å². The van der Waals surface area contributed by atoms with Crippen molar-refractivity contribution in [3.63, 3.8) is 0 Å². The number of aromatic nitrogens is 5. The van der Waals surface area contributed by atoms with Crippen LogP contribution in [0.2, 0.25) is 0 Å². The van der Waals surface area contributed by atoms with E-state index in [1.165, 1.54) is 0 Å². The fraction of sp³-hybridized carbons (Fsp3) is 0.0800. The van der Waals surface area contributed by atoms with E-state index >= 15 is 0 Å². The van der Waals surface area contributed by atoms with Gasteiger partial charge in [0.15, 0.2) is 0 Å². The molecule has 33 heavy (non-hydrogen) atoms. The standard InChI is InChI=1S/C25H19F2N5O/c1-16(26)24(17(2)27)32-25(33)21-15-30(22-7-4-3-6-20(22)23(21)29-32)14-18-8-10-19(11-9-18)31-13-5-12-28-31/h3-13,15H,1,14H2,2H3/b24-17-. The molecule has 6 nitrogen and oxygen atoms in total. The SMILES string of the molecule is C=C(F)/C(=C(\C)F)n1nc2c3ccccc3n(Cc3ccc(-n4cccn4)cc3)cc-2c1=O. The van der Waals surface area contributed by atoms with Crippen molar-refractivity contribution in [2.75, 3.05) is 0 Å². The summed E-state index contributed by atoms with van der Waals surface area (Å²) in [6.45, 7) is 4.70. The Labute approximate surface area is 187 Å². The molecule has 2 aromatic carbocycles. The summed E-state index contributed by atoms with van der Waals surface area (Å²) < 4.78 is 32.4. The Balaban J connectivity index is 1.64. The van der Waals surface area contributed by atoms with Gasteiger partial charge in [-0.15, -0.1) is 0 Å². The Morgan fingerprint density at radius 2 is 1.82 bits per heavy atom. The molecular formula is C25H19F2N5O. The van der Waals surface area contributed by atoms with Crippen LogP contribution in [-0.2, 0) is 6.54 Å². The van der Waals surface area contributed by atoms with Crippen LogP contribution in [0.25, 0.3) is 33.5 Å². The fourth-order valence-corrected chi connectivity index (χ4v) is 3.98. The number of allylic oxidation sites excluding steroid dienone is 3. The van der Waals surface area contributed by atoms with Gasteiger partial charge in [0.05, 0.1) is 16.8 Å². The van der Waals surface area contributed by atoms with E-state index in [1.54, 1.807) is 17.1 Å². The number of para-hydroxylation sites is 1. The lowest BCUT2D eigenvalue weighted by atomic mass is 10.1. The highest BCUT2D eigenvalue weighted by Crippen LogP contribution is 2.30. The molecule has 0 atom stereocenters. The van der Waals surface area contributed by atoms with E-state index in [2.05, 4.69) is 16.8 Å². The minimum Gasteiger partial charge on any atom is -0.342 e. The predicted molar refractivity (Wildman–Crippen MR) is 124 cm³/mol.